The lowest BCUT2D eigenvalue weighted by atomic mass is 10.2. The molecule has 1 amide bonds. The monoisotopic (exact) mass is 392 g/mol. The van der Waals surface area contributed by atoms with Gasteiger partial charge in [-0.15, -0.1) is 0 Å². The van der Waals surface area contributed by atoms with Crippen LogP contribution in [0.25, 0.3) is 0 Å². The molecule has 0 fully saturated rings. The van der Waals surface area contributed by atoms with Crippen LogP contribution in [0.2, 0.25) is 0 Å². The van der Waals surface area contributed by atoms with E-state index < -0.39 is 18.5 Å². The van der Waals surface area contributed by atoms with Gasteiger partial charge >= 0.3 is 5.97 Å². The molecular weight excluding hydrogens is 372 g/mol. The number of esters is 1. The zero-order chi connectivity index (χ0) is 20.5. The van der Waals surface area contributed by atoms with E-state index in [1.807, 2.05) is 30.3 Å². The van der Waals surface area contributed by atoms with Gasteiger partial charge in [-0.05, 0) is 35.9 Å². The van der Waals surface area contributed by atoms with Crippen LogP contribution < -0.4 is 15.6 Å². The highest BCUT2D eigenvalue weighted by Gasteiger charge is 2.09. The fourth-order valence-electron chi connectivity index (χ4n) is 2.49. The number of nitrogens with zero attached hydrogens (tertiary/aromatic N) is 1. The summed E-state index contributed by atoms with van der Waals surface area (Å²) in [7, 11) is 0. The summed E-state index contributed by atoms with van der Waals surface area (Å²) in [5.74, 6) is -0.471. The molecular formula is C22H20N2O5. The summed E-state index contributed by atoms with van der Waals surface area (Å²) >= 11 is 0. The van der Waals surface area contributed by atoms with Gasteiger partial charge in [0, 0.05) is 18.0 Å². The van der Waals surface area contributed by atoms with E-state index in [0.29, 0.717) is 18.0 Å². The van der Waals surface area contributed by atoms with Gasteiger partial charge in [-0.2, -0.15) is 0 Å². The molecule has 1 N–H and O–H groups in total. The number of carbonyl (C=O) groups is 2. The Labute approximate surface area is 167 Å². The number of ether oxygens (including phenoxy) is 2. The van der Waals surface area contributed by atoms with Crippen molar-refractivity contribution < 1.29 is 19.1 Å². The Morgan fingerprint density at radius 3 is 2.34 bits per heavy atom. The van der Waals surface area contributed by atoms with Crippen molar-refractivity contribution in [1.82, 2.24) is 4.57 Å². The summed E-state index contributed by atoms with van der Waals surface area (Å²) in [6.07, 6.45) is 1.48. The van der Waals surface area contributed by atoms with Gasteiger partial charge in [0.2, 0.25) is 0 Å². The summed E-state index contributed by atoms with van der Waals surface area (Å²) in [6.45, 7) is -0.236. The molecule has 1 heterocycles. The van der Waals surface area contributed by atoms with E-state index in [-0.39, 0.29) is 12.1 Å². The van der Waals surface area contributed by atoms with Crippen molar-refractivity contribution in [2.45, 2.75) is 13.2 Å². The van der Waals surface area contributed by atoms with Crippen molar-refractivity contribution in [3.8, 4) is 5.75 Å². The Hall–Kier alpha value is -3.87. The van der Waals surface area contributed by atoms with Crippen LogP contribution in [0.15, 0.2) is 83.8 Å². The molecule has 0 radical (unpaired) electrons. The molecule has 0 atom stereocenters. The molecule has 3 aromatic rings. The van der Waals surface area contributed by atoms with Crippen molar-refractivity contribution in [3.63, 3.8) is 0 Å². The number of hydrogen-bond acceptors (Lipinski definition) is 5. The normalized spacial score (nSPS) is 10.2. The van der Waals surface area contributed by atoms with E-state index in [1.165, 1.54) is 16.8 Å². The predicted octanol–water partition coefficient (Wildman–Crippen LogP) is 2.61. The van der Waals surface area contributed by atoms with Crippen LogP contribution in [0.3, 0.4) is 0 Å². The molecule has 2 aromatic carbocycles. The number of anilines is 1. The van der Waals surface area contributed by atoms with E-state index in [1.54, 1.807) is 36.4 Å². The summed E-state index contributed by atoms with van der Waals surface area (Å²) in [5, 5.41) is 2.63. The average Bonchev–Trinajstić information content (AvgIpc) is 2.74. The maximum Gasteiger partial charge on any atom is 0.326 e. The Bertz CT molecular complexity index is 1010. The summed E-state index contributed by atoms with van der Waals surface area (Å²) in [6, 6.07) is 21.2. The minimum Gasteiger partial charge on any atom is -0.489 e. The fraction of sp³-hybridized carbons (Fsp3) is 0.136. The molecule has 0 aliphatic carbocycles. The Morgan fingerprint density at radius 1 is 0.897 bits per heavy atom. The molecule has 148 valence electrons. The largest absolute Gasteiger partial charge is 0.489 e. The van der Waals surface area contributed by atoms with Crippen molar-refractivity contribution >= 4 is 17.6 Å². The zero-order valence-corrected chi connectivity index (χ0v) is 15.6. The van der Waals surface area contributed by atoms with Gasteiger partial charge < -0.3 is 19.4 Å². The molecule has 0 bridgehead atoms. The number of pyridine rings is 1. The third-order valence-electron chi connectivity index (χ3n) is 3.95. The maximum atomic E-state index is 11.9. The molecule has 1 aromatic heterocycles. The molecule has 0 saturated heterocycles. The molecule has 0 spiro atoms. The number of benzene rings is 2. The first kappa shape index (κ1) is 19.9. The minimum absolute atomic E-state index is 0.250. The first-order valence-electron chi connectivity index (χ1n) is 8.98. The molecule has 7 heteroatoms. The van der Waals surface area contributed by atoms with Gasteiger partial charge in [0.25, 0.3) is 11.5 Å². The van der Waals surface area contributed by atoms with Gasteiger partial charge in [0.05, 0.1) is 0 Å². The molecule has 0 aliphatic rings. The second kappa shape index (κ2) is 9.89. The number of hydrogen-bond donors (Lipinski definition) is 1. The Kier molecular flexibility index (Phi) is 6.78. The lowest BCUT2D eigenvalue weighted by Gasteiger charge is -2.09. The van der Waals surface area contributed by atoms with Crippen LogP contribution in [0.4, 0.5) is 5.69 Å². The lowest BCUT2D eigenvalue weighted by Crippen LogP contribution is -2.26. The van der Waals surface area contributed by atoms with Crippen LogP contribution >= 0.6 is 0 Å². The van der Waals surface area contributed by atoms with E-state index >= 15 is 0 Å². The van der Waals surface area contributed by atoms with Gasteiger partial charge in [0.15, 0.2) is 6.61 Å². The summed E-state index contributed by atoms with van der Waals surface area (Å²) in [4.78, 5) is 35.3. The van der Waals surface area contributed by atoms with Crippen LogP contribution in [-0.2, 0) is 27.5 Å². The van der Waals surface area contributed by atoms with Gasteiger partial charge in [0.1, 0.15) is 18.9 Å². The first-order chi connectivity index (χ1) is 14.1. The molecule has 0 saturated carbocycles. The summed E-state index contributed by atoms with van der Waals surface area (Å²) < 4.78 is 11.8. The highest BCUT2D eigenvalue weighted by molar-refractivity contribution is 5.92. The highest BCUT2D eigenvalue weighted by Crippen LogP contribution is 2.17. The second-order valence-electron chi connectivity index (χ2n) is 6.17. The number of carbonyl (C=O) groups excluding carboxylic acids is 2. The molecule has 0 unspecified atom stereocenters. The van der Waals surface area contributed by atoms with Crippen LogP contribution in [0, 0.1) is 0 Å². The molecule has 3 rings (SSSR count). The Balaban J connectivity index is 1.42. The van der Waals surface area contributed by atoms with Crippen molar-refractivity contribution in [2.24, 2.45) is 0 Å². The van der Waals surface area contributed by atoms with Crippen molar-refractivity contribution in [1.29, 1.82) is 0 Å². The van der Waals surface area contributed by atoms with E-state index in [0.717, 1.165) is 5.56 Å². The van der Waals surface area contributed by atoms with Gasteiger partial charge in [-0.1, -0.05) is 36.4 Å². The third-order valence-corrected chi connectivity index (χ3v) is 3.95. The maximum absolute atomic E-state index is 11.9. The van der Waals surface area contributed by atoms with E-state index in [9.17, 15) is 14.4 Å². The lowest BCUT2D eigenvalue weighted by molar-refractivity contribution is -0.147. The molecule has 29 heavy (non-hydrogen) atoms. The SMILES string of the molecule is O=C(COC(=O)Cn1ccccc1=O)Nc1ccc(OCc2ccccc2)cc1. The topological polar surface area (TPSA) is 86.6 Å². The number of aromatic nitrogens is 1. The first-order valence-corrected chi connectivity index (χ1v) is 8.98. The molecule has 7 nitrogen and oxygen atoms in total. The van der Waals surface area contributed by atoms with Gasteiger partial charge in [-0.25, -0.2) is 0 Å². The quantitative estimate of drug-likeness (QED) is 0.596. The van der Waals surface area contributed by atoms with Crippen LogP contribution in [-0.4, -0.2) is 23.1 Å². The number of rotatable bonds is 8. The van der Waals surface area contributed by atoms with Crippen molar-refractivity contribution in [3.05, 3.63) is 94.9 Å². The minimum atomic E-state index is -0.668. The highest BCUT2D eigenvalue weighted by atomic mass is 16.5. The zero-order valence-electron chi connectivity index (χ0n) is 15.6. The summed E-state index contributed by atoms with van der Waals surface area (Å²) in [5.41, 5.74) is 1.30. The standard InChI is InChI=1S/C22H20N2O5/c25-20(16-29-22(27)14-24-13-5-4-8-21(24)26)23-18-9-11-19(12-10-18)28-15-17-6-2-1-3-7-17/h1-13H,14-16H2,(H,23,25). The van der Waals surface area contributed by atoms with E-state index in [4.69, 9.17) is 9.47 Å². The van der Waals surface area contributed by atoms with Crippen LogP contribution in [0.1, 0.15) is 5.56 Å². The Morgan fingerprint density at radius 2 is 1.62 bits per heavy atom. The van der Waals surface area contributed by atoms with Gasteiger partial charge in [-0.3, -0.25) is 14.4 Å². The predicted molar refractivity (Wildman–Crippen MR) is 108 cm³/mol. The molecule has 0 aliphatic heterocycles. The number of amides is 1. The smallest absolute Gasteiger partial charge is 0.326 e. The fourth-order valence-corrected chi connectivity index (χ4v) is 2.49. The average molecular weight is 392 g/mol. The third kappa shape index (κ3) is 6.35. The van der Waals surface area contributed by atoms with E-state index in [2.05, 4.69) is 5.32 Å². The second-order valence-corrected chi connectivity index (χ2v) is 6.17. The van der Waals surface area contributed by atoms with Crippen molar-refractivity contribution in [2.75, 3.05) is 11.9 Å². The number of nitrogens with one attached hydrogen (secondary N) is 1. The van der Waals surface area contributed by atoms with Crippen LogP contribution in [0.5, 0.6) is 5.75 Å².